The maximum absolute atomic E-state index is 4.68. The van der Waals surface area contributed by atoms with Gasteiger partial charge in [0.25, 0.3) is 0 Å². The normalized spacial score (nSPS) is 18.7. The number of hydrogen-bond acceptors (Lipinski definition) is 6. The van der Waals surface area contributed by atoms with Crippen LogP contribution in [-0.2, 0) is 13.0 Å². The summed E-state index contributed by atoms with van der Waals surface area (Å²) in [6.45, 7) is 5.36. The van der Waals surface area contributed by atoms with Gasteiger partial charge in [-0.1, -0.05) is 0 Å². The summed E-state index contributed by atoms with van der Waals surface area (Å²) in [4.78, 5) is 17.3. The number of nitrogens with zero attached hydrogens (tertiary/aromatic N) is 5. The summed E-state index contributed by atoms with van der Waals surface area (Å²) in [5.74, 6) is 1.54. The van der Waals surface area contributed by atoms with Crippen LogP contribution in [0.3, 0.4) is 0 Å². The Morgan fingerprint density at radius 3 is 3.08 bits per heavy atom. The van der Waals surface area contributed by atoms with Gasteiger partial charge in [0.05, 0.1) is 17.1 Å². The van der Waals surface area contributed by atoms with Crippen LogP contribution in [0, 0.1) is 12.8 Å². The second-order valence-corrected chi connectivity index (χ2v) is 7.62. The van der Waals surface area contributed by atoms with Crippen LogP contribution in [0.5, 0.6) is 0 Å². The molecular weight excluding hydrogens is 332 g/mol. The van der Waals surface area contributed by atoms with E-state index >= 15 is 0 Å². The fourth-order valence-corrected chi connectivity index (χ4v) is 4.58. The molecule has 6 nitrogen and oxygen atoms in total. The molecule has 0 saturated carbocycles. The highest BCUT2D eigenvalue weighted by Crippen LogP contribution is 2.25. The molecule has 4 heterocycles. The molecule has 132 valence electrons. The standard InChI is InChI=1S/C18H24N6S/c1-13-16(24-8-9-25-18(24)22-13)12-23-7-3-4-14(11-23)10-15-17(19-2)21-6-5-20-15/h5-6,8-9,14H,3-4,7,10-12H2,1-2H3,(H,19,21)/t14-/m0/s1. The predicted molar refractivity (Wildman–Crippen MR) is 101 cm³/mol. The number of anilines is 1. The molecule has 3 aromatic rings. The average Bonchev–Trinajstić information content (AvgIpc) is 3.18. The van der Waals surface area contributed by atoms with Crippen LogP contribution in [0.2, 0.25) is 0 Å². The van der Waals surface area contributed by atoms with E-state index in [-0.39, 0.29) is 0 Å². The third kappa shape index (κ3) is 3.39. The summed E-state index contributed by atoms with van der Waals surface area (Å²) < 4.78 is 2.24. The molecule has 25 heavy (non-hydrogen) atoms. The van der Waals surface area contributed by atoms with E-state index in [1.807, 2.05) is 7.05 Å². The van der Waals surface area contributed by atoms with Gasteiger partial charge in [-0.2, -0.15) is 0 Å². The molecule has 0 amide bonds. The fourth-order valence-electron chi connectivity index (χ4n) is 3.80. The van der Waals surface area contributed by atoms with Crippen LogP contribution in [0.1, 0.15) is 29.9 Å². The summed E-state index contributed by atoms with van der Waals surface area (Å²) >= 11 is 1.70. The van der Waals surface area contributed by atoms with Gasteiger partial charge < -0.3 is 5.32 Å². The number of aryl methyl sites for hydroxylation is 1. The molecule has 0 unspecified atom stereocenters. The highest BCUT2D eigenvalue weighted by Gasteiger charge is 2.23. The highest BCUT2D eigenvalue weighted by atomic mass is 32.1. The number of nitrogens with one attached hydrogen (secondary N) is 1. The van der Waals surface area contributed by atoms with Crippen molar-refractivity contribution < 1.29 is 0 Å². The van der Waals surface area contributed by atoms with Crippen LogP contribution in [0.15, 0.2) is 24.0 Å². The number of likely N-dealkylation sites (tertiary alicyclic amines) is 1. The summed E-state index contributed by atoms with van der Waals surface area (Å²) in [6, 6.07) is 0. The van der Waals surface area contributed by atoms with Crippen molar-refractivity contribution in [1.29, 1.82) is 0 Å². The van der Waals surface area contributed by atoms with Crippen molar-refractivity contribution in [2.45, 2.75) is 32.7 Å². The van der Waals surface area contributed by atoms with Crippen molar-refractivity contribution in [2.24, 2.45) is 5.92 Å². The highest BCUT2D eigenvalue weighted by molar-refractivity contribution is 7.15. The Labute approximate surface area is 151 Å². The van der Waals surface area contributed by atoms with E-state index in [2.05, 4.69) is 48.1 Å². The Balaban J connectivity index is 1.46. The molecule has 7 heteroatoms. The van der Waals surface area contributed by atoms with Crippen molar-refractivity contribution in [3.8, 4) is 0 Å². The van der Waals surface area contributed by atoms with Crippen LogP contribution < -0.4 is 5.32 Å². The van der Waals surface area contributed by atoms with Crippen LogP contribution >= 0.6 is 11.3 Å². The minimum Gasteiger partial charge on any atom is -0.372 e. The van der Waals surface area contributed by atoms with Crippen molar-refractivity contribution in [3.05, 3.63) is 41.1 Å². The molecule has 3 aromatic heterocycles. The van der Waals surface area contributed by atoms with Crippen LogP contribution in [0.25, 0.3) is 4.96 Å². The van der Waals surface area contributed by atoms with Gasteiger partial charge in [-0.15, -0.1) is 11.3 Å². The lowest BCUT2D eigenvalue weighted by atomic mass is 9.93. The summed E-state index contributed by atoms with van der Waals surface area (Å²) in [5, 5.41) is 5.27. The minimum atomic E-state index is 0.628. The second kappa shape index (κ2) is 7.09. The molecule has 1 saturated heterocycles. The quantitative estimate of drug-likeness (QED) is 0.762. The summed E-state index contributed by atoms with van der Waals surface area (Å²) in [7, 11) is 1.91. The first-order valence-corrected chi connectivity index (χ1v) is 9.73. The lowest BCUT2D eigenvalue weighted by molar-refractivity contribution is 0.164. The predicted octanol–water partition coefficient (Wildman–Crippen LogP) is 2.99. The first-order valence-electron chi connectivity index (χ1n) is 8.85. The molecule has 1 aliphatic heterocycles. The van der Waals surface area contributed by atoms with E-state index in [0.717, 1.165) is 48.2 Å². The fraction of sp³-hybridized carbons (Fsp3) is 0.500. The maximum Gasteiger partial charge on any atom is 0.194 e. The van der Waals surface area contributed by atoms with Gasteiger partial charge in [0.2, 0.25) is 0 Å². The third-order valence-electron chi connectivity index (χ3n) is 5.03. The smallest absolute Gasteiger partial charge is 0.194 e. The molecule has 0 aliphatic carbocycles. The molecule has 0 spiro atoms. The van der Waals surface area contributed by atoms with E-state index in [4.69, 9.17) is 0 Å². The third-order valence-corrected chi connectivity index (χ3v) is 5.79. The van der Waals surface area contributed by atoms with Gasteiger partial charge in [-0.05, 0) is 38.6 Å². The monoisotopic (exact) mass is 356 g/mol. The SMILES string of the molecule is CNc1nccnc1C[C@@H]1CCCN(Cc2c(C)nc3sccn23)C1. The molecule has 0 aromatic carbocycles. The number of fused-ring (bicyclic) bond motifs is 1. The molecule has 4 rings (SSSR count). The number of rotatable bonds is 5. The molecule has 0 radical (unpaired) electrons. The minimum absolute atomic E-state index is 0.628. The van der Waals surface area contributed by atoms with Gasteiger partial charge in [0.1, 0.15) is 5.82 Å². The molecule has 1 atom stereocenters. The number of imidazole rings is 1. The Morgan fingerprint density at radius 1 is 1.32 bits per heavy atom. The van der Waals surface area contributed by atoms with Gasteiger partial charge in [-0.3, -0.25) is 14.3 Å². The van der Waals surface area contributed by atoms with E-state index in [0.29, 0.717) is 5.92 Å². The number of hydrogen-bond donors (Lipinski definition) is 1. The molecule has 0 bridgehead atoms. The van der Waals surface area contributed by atoms with Crippen molar-refractivity contribution >= 4 is 22.1 Å². The second-order valence-electron chi connectivity index (χ2n) is 6.75. The summed E-state index contributed by atoms with van der Waals surface area (Å²) in [6.07, 6.45) is 9.16. The lowest BCUT2D eigenvalue weighted by Gasteiger charge is -2.32. The van der Waals surface area contributed by atoms with E-state index < -0.39 is 0 Å². The largest absolute Gasteiger partial charge is 0.372 e. The van der Waals surface area contributed by atoms with E-state index in [1.165, 1.54) is 18.5 Å². The number of piperidine rings is 1. The zero-order chi connectivity index (χ0) is 17.2. The zero-order valence-corrected chi connectivity index (χ0v) is 15.6. The molecule has 1 fully saturated rings. The molecular formula is C18H24N6S. The lowest BCUT2D eigenvalue weighted by Crippen LogP contribution is -2.36. The van der Waals surface area contributed by atoms with Gasteiger partial charge in [0.15, 0.2) is 4.96 Å². The van der Waals surface area contributed by atoms with Crippen LogP contribution in [-0.4, -0.2) is 44.4 Å². The first-order chi connectivity index (χ1) is 12.2. The van der Waals surface area contributed by atoms with Crippen molar-refractivity contribution in [1.82, 2.24) is 24.3 Å². The Kier molecular flexibility index (Phi) is 4.67. The van der Waals surface area contributed by atoms with Crippen LogP contribution in [0.4, 0.5) is 5.82 Å². The zero-order valence-electron chi connectivity index (χ0n) is 14.8. The average molecular weight is 356 g/mol. The Hall–Kier alpha value is -1.99. The Morgan fingerprint density at radius 2 is 2.20 bits per heavy atom. The topological polar surface area (TPSA) is 58.4 Å². The van der Waals surface area contributed by atoms with Gasteiger partial charge >= 0.3 is 0 Å². The van der Waals surface area contributed by atoms with E-state index in [9.17, 15) is 0 Å². The van der Waals surface area contributed by atoms with Gasteiger partial charge in [0, 0.05) is 44.1 Å². The van der Waals surface area contributed by atoms with E-state index in [1.54, 1.807) is 23.7 Å². The van der Waals surface area contributed by atoms with Crippen molar-refractivity contribution in [3.63, 3.8) is 0 Å². The van der Waals surface area contributed by atoms with Gasteiger partial charge in [-0.25, -0.2) is 9.97 Å². The Bertz CT molecular complexity index is 854. The maximum atomic E-state index is 4.68. The number of aromatic nitrogens is 4. The number of thiazole rings is 1. The molecule has 1 N–H and O–H groups in total. The van der Waals surface area contributed by atoms with Crippen molar-refractivity contribution in [2.75, 3.05) is 25.5 Å². The first kappa shape index (κ1) is 16.5. The molecule has 1 aliphatic rings. The summed E-state index contributed by atoms with van der Waals surface area (Å²) in [5.41, 5.74) is 3.56.